The molecule has 2 aromatic rings. The lowest BCUT2D eigenvalue weighted by atomic mass is 9.92. The molecule has 3 rings (SSSR count). The molecule has 0 saturated carbocycles. The van der Waals surface area contributed by atoms with E-state index in [0.29, 0.717) is 30.1 Å². The number of methoxy groups -OCH3 is 3. The van der Waals surface area contributed by atoms with Crippen LogP contribution in [-0.4, -0.2) is 38.3 Å². The van der Waals surface area contributed by atoms with Crippen molar-refractivity contribution in [3.63, 3.8) is 0 Å². The summed E-state index contributed by atoms with van der Waals surface area (Å²) < 4.78 is 16.7. The van der Waals surface area contributed by atoms with Gasteiger partial charge in [-0.3, -0.25) is 4.79 Å². The highest BCUT2D eigenvalue weighted by atomic mass is 16.5. The Morgan fingerprint density at radius 2 is 1.79 bits per heavy atom. The minimum Gasteiger partial charge on any atom is -0.493 e. The first kappa shape index (κ1) is 19.5. The largest absolute Gasteiger partial charge is 0.493 e. The Bertz CT molecular complexity index is 937. The molecule has 28 heavy (non-hydrogen) atoms. The quantitative estimate of drug-likeness (QED) is 0.821. The zero-order chi connectivity index (χ0) is 20.4. The maximum absolute atomic E-state index is 11.8. The Balaban J connectivity index is 2.33. The van der Waals surface area contributed by atoms with E-state index in [1.165, 1.54) is 14.0 Å². The van der Waals surface area contributed by atoms with Crippen LogP contribution in [-0.2, 0) is 11.2 Å². The van der Waals surface area contributed by atoms with E-state index < -0.39 is 5.97 Å². The Hall–Kier alpha value is -3.22. The summed E-state index contributed by atoms with van der Waals surface area (Å²) in [5, 5.41) is 12.4. The molecule has 1 aliphatic rings. The van der Waals surface area contributed by atoms with E-state index >= 15 is 0 Å². The van der Waals surface area contributed by atoms with Crippen molar-refractivity contribution in [2.45, 2.75) is 25.8 Å². The van der Waals surface area contributed by atoms with Gasteiger partial charge in [0.25, 0.3) is 0 Å². The number of aromatic carboxylic acids is 1. The maximum atomic E-state index is 11.8. The van der Waals surface area contributed by atoms with Gasteiger partial charge in [-0.25, -0.2) is 4.79 Å². The minimum atomic E-state index is -1.02. The number of amides is 1. The van der Waals surface area contributed by atoms with Crippen LogP contribution in [0.25, 0.3) is 11.1 Å². The molecule has 1 aliphatic carbocycles. The molecular weight excluding hydrogens is 362 g/mol. The molecule has 7 nitrogen and oxygen atoms in total. The van der Waals surface area contributed by atoms with Crippen molar-refractivity contribution in [1.82, 2.24) is 5.32 Å². The molecule has 0 saturated heterocycles. The fourth-order valence-corrected chi connectivity index (χ4v) is 3.76. The van der Waals surface area contributed by atoms with Crippen molar-refractivity contribution in [1.29, 1.82) is 0 Å². The number of aryl methyl sites for hydroxylation is 1. The van der Waals surface area contributed by atoms with Gasteiger partial charge in [-0.05, 0) is 47.7 Å². The second-order valence-electron chi connectivity index (χ2n) is 6.58. The second-order valence-corrected chi connectivity index (χ2v) is 6.58. The van der Waals surface area contributed by atoms with Crippen molar-refractivity contribution >= 4 is 11.9 Å². The molecule has 1 atom stereocenters. The number of carboxylic acid groups (broad SMARTS) is 1. The molecule has 0 bridgehead atoms. The number of hydrogen-bond donors (Lipinski definition) is 2. The van der Waals surface area contributed by atoms with Gasteiger partial charge in [0, 0.05) is 12.5 Å². The highest BCUT2D eigenvalue weighted by Crippen LogP contribution is 2.50. The average molecular weight is 385 g/mol. The van der Waals surface area contributed by atoms with E-state index in [9.17, 15) is 14.7 Å². The van der Waals surface area contributed by atoms with E-state index in [1.807, 2.05) is 6.07 Å². The summed E-state index contributed by atoms with van der Waals surface area (Å²) in [6, 6.07) is 6.51. The van der Waals surface area contributed by atoms with Gasteiger partial charge in [-0.2, -0.15) is 0 Å². The lowest BCUT2D eigenvalue weighted by Gasteiger charge is -2.21. The normalized spacial score (nSPS) is 14.9. The highest BCUT2D eigenvalue weighted by Gasteiger charge is 2.29. The predicted molar refractivity (Wildman–Crippen MR) is 103 cm³/mol. The maximum Gasteiger partial charge on any atom is 0.335 e. The molecular formula is C21H23NO6. The first-order valence-electron chi connectivity index (χ1n) is 8.87. The highest BCUT2D eigenvalue weighted by molar-refractivity contribution is 5.91. The number of hydrogen-bond acceptors (Lipinski definition) is 5. The number of carboxylic acids is 1. The predicted octanol–water partition coefficient (Wildman–Crippen LogP) is 3.20. The van der Waals surface area contributed by atoms with Crippen molar-refractivity contribution in [2.24, 2.45) is 0 Å². The van der Waals surface area contributed by atoms with E-state index in [0.717, 1.165) is 22.3 Å². The van der Waals surface area contributed by atoms with Gasteiger partial charge in [0.2, 0.25) is 11.7 Å². The topological polar surface area (TPSA) is 94.1 Å². The van der Waals surface area contributed by atoms with Gasteiger partial charge in [0.05, 0.1) is 32.9 Å². The fraction of sp³-hybridized carbons (Fsp3) is 0.333. The number of nitrogens with one attached hydrogen (secondary N) is 1. The van der Waals surface area contributed by atoms with Crippen LogP contribution in [0.3, 0.4) is 0 Å². The van der Waals surface area contributed by atoms with E-state index in [4.69, 9.17) is 14.2 Å². The van der Waals surface area contributed by atoms with Crippen molar-refractivity contribution in [2.75, 3.05) is 21.3 Å². The fourth-order valence-electron chi connectivity index (χ4n) is 3.76. The van der Waals surface area contributed by atoms with Crippen molar-refractivity contribution in [3.8, 4) is 28.4 Å². The lowest BCUT2D eigenvalue weighted by molar-refractivity contribution is -0.119. The molecule has 0 spiro atoms. The van der Waals surface area contributed by atoms with Gasteiger partial charge in [-0.15, -0.1) is 0 Å². The van der Waals surface area contributed by atoms with Crippen LogP contribution in [0.5, 0.6) is 17.2 Å². The monoisotopic (exact) mass is 385 g/mol. The summed E-state index contributed by atoms with van der Waals surface area (Å²) in [4.78, 5) is 23.3. The number of carbonyl (C=O) groups is 2. The summed E-state index contributed by atoms with van der Waals surface area (Å²) in [5.74, 6) is 0.345. The third-order valence-corrected chi connectivity index (χ3v) is 4.93. The zero-order valence-electron chi connectivity index (χ0n) is 16.3. The summed E-state index contributed by atoms with van der Waals surface area (Å²) >= 11 is 0. The molecule has 0 aliphatic heterocycles. The minimum absolute atomic E-state index is 0.164. The summed E-state index contributed by atoms with van der Waals surface area (Å²) in [6.45, 7) is 1.45. The van der Waals surface area contributed by atoms with Crippen molar-refractivity contribution in [3.05, 3.63) is 41.0 Å². The Kier molecular flexibility index (Phi) is 5.44. The SMILES string of the molecule is COc1cc2c(c(OC)c1OC)-c1ccc(C(=O)O)cc1C(NC(C)=O)CC2. The molecule has 148 valence electrons. The van der Waals surface area contributed by atoms with Gasteiger partial charge >= 0.3 is 5.97 Å². The smallest absolute Gasteiger partial charge is 0.335 e. The molecule has 0 heterocycles. The van der Waals surface area contributed by atoms with E-state index in [-0.39, 0.29) is 17.5 Å². The Labute approximate surface area is 163 Å². The third kappa shape index (κ3) is 3.35. The zero-order valence-corrected chi connectivity index (χ0v) is 16.3. The third-order valence-electron chi connectivity index (χ3n) is 4.93. The van der Waals surface area contributed by atoms with Crippen LogP contribution in [0, 0.1) is 0 Å². The van der Waals surface area contributed by atoms with E-state index in [2.05, 4.69) is 5.32 Å². The molecule has 0 aromatic heterocycles. The average Bonchev–Trinajstić information content (AvgIpc) is 2.82. The second kappa shape index (κ2) is 7.80. The van der Waals surface area contributed by atoms with Gasteiger partial charge in [0.1, 0.15) is 0 Å². The molecule has 0 radical (unpaired) electrons. The van der Waals surface area contributed by atoms with Crippen LogP contribution in [0.1, 0.15) is 40.9 Å². The van der Waals surface area contributed by atoms with Gasteiger partial charge in [0.15, 0.2) is 11.5 Å². The summed E-state index contributed by atoms with van der Waals surface area (Å²) in [7, 11) is 4.66. The molecule has 1 unspecified atom stereocenters. The van der Waals surface area contributed by atoms with Gasteiger partial charge in [-0.1, -0.05) is 6.07 Å². The summed E-state index contributed by atoms with van der Waals surface area (Å²) in [5.41, 5.74) is 3.50. The Morgan fingerprint density at radius 3 is 2.36 bits per heavy atom. The number of fused-ring (bicyclic) bond motifs is 3. The van der Waals surface area contributed by atoms with Crippen LogP contribution in [0.4, 0.5) is 0 Å². The van der Waals surface area contributed by atoms with Crippen LogP contribution < -0.4 is 19.5 Å². The van der Waals surface area contributed by atoms with Crippen LogP contribution in [0.2, 0.25) is 0 Å². The number of benzene rings is 2. The van der Waals surface area contributed by atoms with E-state index in [1.54, 1.807) is 32.4 Å². The molecule has 7 heteroatoms. The Morgan fingerprint density at radius 1 is 1.07 bits per heavy atom. The molecule has 2 aromatic carbocycles. The van der Waals surface area contributed by atoms with Crippen LogP contribution >= 0.6 is 0 Å². The first-order chi connectivity index (χ1) is 13.4. The standard InChI is InChI=1S/C21H23NO6/c1-11(23)22-16-8-6-12-10-17(26-2)19(27-3)20(28-4)18(12)14-7-5-13(21(24)25)9-15(14)16/h5,7,9-10,16H,6,8H2,1-4H3,(H,22,23)(H,24,25). The molecule has 2 N–H and O–H groups in total. The number of carbonyl (C=O) groups excluding carboxylic acids is 1. The molecule has 0 fully saturated rings. The first-order valence-corrected chi connectivity index (χ1v) is 8.87. The lowest BCUT2D eigenvalue weighted by Crippen LogP contribution is -2.26. The number of rotatable bonds is 5. The molecule has 1 amide bonds. The van der Waals surface area contributed by atoms with Crippen LogP contribution in [0.15, 0.2) is 24.3 Å². The summed E-state index contributed by atoms with van der Waals surface area (Å²) in [6.07, 6.45) is 1.26. The number of ether oxygens (including phenoxy) is 3. The van der Waals surface area contributed by atoms with Crippen molar-refractivity contribution < 1.29 is 28.9 Å². The van der Waals surface area contributed by atoms with Gasteiger partial charge < -0.3 is 24.6 Å².